The van der Waals surface area contributed by atoms with Crippen LogP contribution in [-0.2, 0) is 10.0 Å². The molecule has 0 spiro atoms. The average Bonchev–Trinajstić information content (AvgIpc) is 3.43. The summed E-state index contributed by atoms with van der Waals surface area (Å²) in [7, 11) is -2.32. The first-order valence-electron chi connectivity index (χ1n) is 11.4. The minimum Gasteiger partial charge on any atom is -0.370 e. The average molecular weight is 485 g/mol. The number of amides is 3. The van der Waals surface area contributed by atoms with Crippen LogP contribution in [0.25, 0.3) is 0 Å². The van der Waals surface area contributed by atoms with E-state index < -0.39 is 27.7 Å². The van der Waals surface area contributed by atoms with Gasteiger partial charge in [-0.1, -0.05) is 13.8 Å². The molecule has 2 heterocycles. The number of rotatable bonds is 7. The molecule has 10 heteroatoms. The van der Waals surface area contributed by atoms with E-state index in [9.17, 15) is 22.8 Å². The van der Waals surface area contributed by atoms with Gasteiger partial charge in [-0.25, -0.2) is 8.42 Å². The molecule has 1 fully saturated rings. The molecule has 2 aromatic carbocycles. The van der Waals surface area contributed by atoms with Crippen molar-refractivity contribution < 1.29 is 22.8 Å². The van der Waals surface area contributed by atoms with Gasteiger partial charge in [-0.05, 0) is 49.2 Å². The third-order valence-electron chi connectivity index (χ3n) is 6.36. The molecule has 1 saturated heterocycles. The Balaban J connectivity index is 1.71. The van der Waals surface area contributed by atoms with Crippen LogP contribution in [0.15, 0.2) is 41.3 Å². The van der Waals surface area contributed by atoms with E-state index in [2.05, 4.69) is 10.2 Å². The summed E-state index contributed by atoms with van der Waals surface area (Å²) in [6.07, 6.45) is 2.03. The second-order valence-corrected chi connectivity index (χ2v) is 10.3. The lowest BCUT2D eigenvalue weighted by Crippen LogP contribution is -2.31. The largest absolute Gasteiger partial charge is 0.370 e. The Morgan fingerprint density at radius 2 is 1.62 bits per heavy atom. The Bertz CT molecular complexity index is 1260. The third kappa shape index (κ3) is 4.07. The predicted octanol–water partition coefficient (Wildman–Crippen LogP) is 2.80. The maximum absolute atomic E-state index is 13.2. The van der Waals surface area contributed by atoms with Crippen molar-refractivity contribution in [3.05, 3.63) is 53.1 Å². The molecule has 34 heavy (non-hydrogen) atoms. The van der Waals surface area contributed by atoms with Crippen LogP contribution in [0, 0.1) is 0 Å². The van der Waals surface area contributed by atoms with E-state index >= 15 is 0 Å². The minimum atomic E-state index is -3.72. The second-order valence-electron chi connectivity index (χ2n) is 8.35. The van der Waals surface area contributed by atoms with Crippen molar-refractivity contribution >= 4 is 39.1 Å². The fraction of sp³-hybridized carbons (Fsp3) is 0.375. The highest BCUT2D eigenvalue weighted by Gasteiger charge is 2.33. The zero-order valence-corrected chi connectivity index (χ0v) is 20.3. The second kappa shape index (κ2) is 9.19. The summed E-state index contributed by atoms with van der Waals surface area (Å²) in [5.74, 6) is -1.35. The summed E-state index contributed by atoms with van der Waals surface area (Å²) >= 11 is 0. The van der Waals surface area contributed by atoms with Crippen molar-refractivity contribution in [1.29, 1.82) is 0 Å². The van der Waals surface area contributed by atoms with Crippen LogP contribution in [0.2, 0.25) is 0 Å². The van der Waals surface area contributed by atoms with Crippen molar-refractivity contribution in [3.63, 3.8) is 0 Å². The van der Waals surface area contributed by atoms with Crippen molar-refractivity contribution in [1.82, 2.24) is 9.21 Å². The van der Waals surface area contributed by atoms with Gasteiger partial charge in [0, 0.05) is 38.8 Å². The standard InChI is InChI=1S/C24H28N4O5S/c1-4-28(5-2)34(32,33)17-9-11-21(27-12-6-7-13-27)20(15-17)25-22(29)16-8-10-18-19(14-16)24(31)26(3)23(18)30/h8-11,14-15H,4-7,12-13H2,1-3H3,(H,25,29). The maximum atomic E-state index is 13.2. The lowest BCUT2D eigenvalue weighted by molar-refractivity contribution is 0.0693. The summed E-state index contributed by atoms with van der Waals surface area (Å²) in [6.45, 7) is 5.86. The van der Waals surface area contributed by atoms with E-state index in [1.54, 1.807) is 26.0 Å². The Hall–Kier alpha value is -3.24. The van der Waals surface area contributed by atoms with Gasteiger partial charge in [-0.2, -0.15) is 4.31 Å². The van der Waals surface area contributed by atoms with Gasteiger partial charge >= 0.3 is 0 Å². The van der Waals surface area contributed by atoms with Gasteiger partial charge in [-0.3, -0.25) is 19.3 Å². The SMILES string of the molecule is CCN(CC)S(=O)(=O)c1ccc(N2CCCC2)c(NC(=O)c2ccc3c(c2)C(=O)N(C)C3=O)c1. The fourth-order valence-electron chi connectivity index (χ4n) is 4.42. The summed E-state index contributed by atoms with van der Waals surface area (Å²) in [6, 6.07) is 9.17. The molecule has 0 bridgehead atoms. The van der Waals surface area contributed by atoms with Gasteiger partial charge in [-0.15, -0.1) is 0 Å². The number of hydrogen-bond acceptors (Lipinski definition) is 6. The normalized spacial score (nSPS) is 15.9. The quantitative estimate of drug-likeness (QED) is 0.606. The van der Waals surface area contributed by atoms with Gasteiger partial charge < -0.3 is 10.2 Å². The van der Waals surface area contributed by atoms with Crippen molar-refractivity contribution in [2.45, 2.75) is 31.6 Å². The Labute approximate surface area is 199 Å². The Kier molecular flexibility index (Phi) is 6.46. The minimum absolute atomic E-state index is 0.103. The molecule has 4 rings (SSSR count). The van der Waals surface area contributed by atoms with Crippen LogP contribution in [0.3, 0.4) is 0 Å². The number of nitrogens with one attached hydrogen (secondary N) is 1. The molecular weight excluding hydrogens is 456 g/mol. The number of hydrogen-bond donors (Lipinski definition) is 1. The van der Waals surface area contributed by atoms with Gasteiger partial charge in [0.2, 0.25) is 10.0 Å². The number of anilines is 2. The lowest BCUT2D eigenvalue weighted by Gasteiger charge is -2.24. The smallest absolute Gasteiger partial charge is 0.261 e. The van der Waals surface area contributed by atoms with Crippen molar-refractivity contribution in [2.75, 3.05) is 43.4 Å². The Morgan fingerprint density at radius 1 is 0.971 bits per heavy atom. The zero-order valence-electron chi connectivity index (χ0n) is 19.5. The Morgan fingerprint density at radius 3 is 2.26 bits per heavy atom. The molecule has 9 nitrogen and oxygen atoms in total. The van der Waals surface area contributed by atoms with Gasteiger partial charge in [0.25, 0.3) is 17.7 Å². The molecule has 1 N–H and O–H groups in total. The van der Waals surface area contributed by atoms with Crippen molar-refractivity contribution in [3.8, 4) is 0 Å². The number of benzene rings is 2. The van der Waals surface area contributed by atoms with Crippen LogP contribution >= 0.6 is 0 Å². The maximum Gasteiger partial charge on any atom is 0.261 e. The van der Waals surface area contributed by atoms with E-state index in [0.29, 0.717) is 18.8 Å². The lowest BCUT2D eigenvalue weighted by atomic mass is 10.1. The van der Waals surface area contributed by atoms with Crippen molar-refractivity contribution in [2.24, 2.45) is 0 Å². The molecule has 0 unspecified atom stereocenters. The van der Waals surface area contributed by atoms with Crippen LogP contribution in [-0.4, -0.2) is 68.6 Å². The van der Waals surface area contributed by atoms with Crippen LogP contribution in [0.5, 0.6) is 0 Å². The number of carbonyl (C=O) groups is 3. The first-order valence-corrected chi connectivity index (χ1v) is 12.8. The summed E-state index contributed by atoms with van der Waals surface area (Å²) in [5.41, 5.74) is 1.78. The van der Waals surface area contributed by atoms with Crippen LogP contribution < -0.4 is 10.2 Å². The number of sulfonamides is 1. The molecule has 3 amide bonds. The molecule has 2 aliphatic heterocycles. The number of carbonyl (C=O) groups excluding carboxylic acids is 3. The van der Waals surface area contributed by atoms with Gasteiger partial charge in [0.05, 0.1) is 27.4 Å². The molecule has 0 aliphatic carbocycles. The van der Waals surface area contributed by atoms with E-state index in [-0.39, 0.29) is 21.6 Å². The first kappa shape index (κ1) is 23.9. The molecule has 180 valence electrons. The molecule has 0 aromatic heterocycles. The van der Waals surface area contributed by atoms with Gasteiger partial charge in [0.15, 0.2) is 0 Å². The van der Waals surface area contributed by atoms with Crippen LogP contribution in [0.1, 0.15) is 57.8 Å². The molecule has 2 aliphatic rings. The van der Waals surface area contributed by atoms with Crippen LogP contribution in [0.4, 0.5) is 11.4 Å². The molecule has 0 radical (unpaired) electrons. The molecule has 0 saturated carbocycles. The number of nitrogens with zero attached hydrogens (tertiary/aromatic N) is 3. The molecule has 2 aromatic rings. The predicted molar refractivity (Wildman–Crippen MR) is 129 cm³/mol. The molecule has 0 atom stereocenters. The van der Waals surface area contributed by atoms with E-state index in [1.165, 1.54) is 35.6 Å². The highest BCUT2D eigenvalue weighted by Crippen LogP contribution is 2.33. The number of fused-ring (bicyclic) bond motifs is 1. The third-order valence-corrected chi connectivity index (χ3v) is 8.40. The fourth-order valence-corrected chi connectivity index (χ4v) is 5.90. The van der Waals surface area contributed by atoms with E-state index in [4.69, 9.17) is 0 Å². The molecular formula is C24H28N4O5S. The summed E-state index contributed by atoms with van der Waals surface area (Å²) in [5, 5.41) is 2.85. The topological polar surface area (TPSA) is 107 Å². The highest BCUT2D eigenvalue weighted by molar-refractivity contribution is 7.89. The van der Waals surface area contributed by atoms with E-state index in [0.717, 1.165) is 36.5 Å². The monoisotopic (exact) mass is 484 g/mol. The zero-order chi connectivity index (χ0) is 24.6. The highest BCUT2D eigenvalue weighted by atomic mass is 32.2. The van der Waals surface area contributed by atoms with E-state index in [1.807, 2.05) is 0 Å². The first-order chi connectivity index (χ1) is 16.2. The summed E-state index contributed by atoms with van der Waals surface area (Å²) in [4.78, 5) is 40.9. The summed E-state index contributed by atoms with van der Waals surface area (Å²) < 4.78 is 27.5. The van der Waals surface area contributed by atoms with Gasteiger partial charge in [0.1, 0.15) is 0 Å². The number of imide groups is 1.